The lowest BCUT2D eigenvalue weighted by Crippen LogP contribution is -2.40. The minimum Gasteiger partial charge on any atom is -0.454 e. The molecule has 0 radical (unpaired) electrons. The molecule has 3 N–H and O–H groups in total. The Morgan fingerprint density at radius 2 is 2.06 bits per heavy atom. The number of aliphatic hydroxyl groups excluding tert-OH is 1. The van der Waals surface area contributed by atoms with Crippen molar-refractivity contribution >= 4 is 22.7 Å². The Morgan fingerprint density at radius 3 is 2.71 bits per heavy atom. The summed E-state index contributed by atoms with van der Waals surface area (Å²) >= 11 is 0. The Kier molecular flexibility index (Phi) is 6.92. The Hall–Kier alpha value is -2.92. The van der Waals surface area contributed by atoms with Crippen molar-refractivity contribution in [2.45, 2.75) is 45.3 Å². The zero-order chi connectivity index (χ0) is 25.4. The summed E-state index contributed by atoms with van der Waals surface area (Å²) in [4.78, 5) is 12.7. The van der Waals surface area contributed by atoms with Gasteiger partial charge in [-0.15, -0.1) is 0 Å². The number of furan rings is 1. The first kappa shape index (κ1) is 25.2. The molecule has 8 nitrogen and oxygen atoms in total. The highest BCUT2D eigenvalue weighted by atomic mass is 19.4. The van der Waals surface area contributed by atoms with Crippen molar-refractivity contribution < 1.29 is 27.4 Å². The van der Waals surface area contributed by atoms with Gasteiger partial charge in [0.05, 0.1) is 24.1 Å². The molecule has 0 aliphatic heterocycles. The summed E-state index contributed by atoms with van der Waals surface area (Å²) < 4.78 is 50.5. The third-order valence-electron chi connectivity index (χ3n) is 7.01. The van der Waals surface area contributed by atoms with E-state index < -0.39 is 11.9 Å². The maximum Gasteiger partial charge on any atom is 0.433 e. The Bertz CT molecular complexity index is 1200. The van der Waals surface area contributed by atoms with E-state index in [2.05, 4.69) is 34.4 Å². The van der Waals surface area contributed by atoms with Crippen molar-refractivity contribution in [1.29, 1.82) is 0 Å². The second-order valence-corrected chi connectivity index (χ2v) is 9.30. The molecule has 1 fully saturated rings. The van der Waals surface area contributed by atoms with E-state index in [1.54, 1.807) is 20.1 Å². The highest BCUT2D eigenvalue weighted by Crippen LogP contribution is 2.44. The fourth-order valence-corrected chi connectivity index (χ4v) is 4.71. The highest BCUT2D eigenvalue weighted by Gasteiger charge is 2.43. The van der Waals surface area contributed by atoms with Gasteiger partial charge in [-0.05, 0) is 50.7 Å². The highest BCUT2D eigenvalue weighted by molar-refractivity contribution is 5.86. The Labute approximate surface area is 201 Å². The van der Waals surface area contributed by atoms with Gasteiger partial charge in [-0.1, -0.05) is 6.92 Å². The molecule has 3 atom stereocenters. The van der Waals surface area contributed by atoms with E-state index in [0.29, 0.717) is 41.9 Å². The summed E-state index contributed by atoms with van der Waals surface area (Å²) in [5.41, 5.74) is 0.0560. The van der Waals surface area contributed by atoms with Gasteiger partial charge in [0.1, 0.15) is 17.3 Å². The zero-order valence-electron chi connectivity index (χ0n) is 20.2. The molecule has 0 saturated heterocycles. The minimum absolute atomic E-state index is 0.107. The fourth-order valence-electron chi connectivity index (χ4n) is 4.71. The molecule has 0 aromatic carbocycles. The van der Waals surface area contributed by atoms with Crippen LogP contribution in [-0.4, -0.2) is 52.5 Å². The van der Waals surface area contributed by atoms with Gasteiger partial charge in [0.25, 0.3) is 0 Å². The number of hydrogen-bond acceptors (Lipinski definition) is 8. The third-order valence-corrected chi connectivity index (χ3v) is 7.01. The van der Waals surface area contributed by atoms with Gasteiger partial charge >= 0.3 is 6.18 Å². The van der Waals surface area contributed by atoms with Crippen LogP contribution >= 0.6 is 0 Å². The number of alkyl halides is 3. The first-order valence-corrected chi connectivity index (χ1v) is 11.5. The average molecular weight is 494 g/mol. The molecular formula is C24H30F3N5O3. The van der Waals surface area contributed by atoms with Gasteiger partial charge in [-0.3, -0.25) is 0 Å². The molecule has 3 heterocycles. The molecule has 190 valence electrons. The minimum atomic E-state index is -4.55. The van der Waals surface area contributed by atoms with Gasteiger partial charge in [-0.25, -0.2) is 9.97 Å². The number of pyridine rings is 1. The maximum absolute atomic E-state index is 13.2. The molecular weight excluding hydrogens is 463 g/mol. The maximum atomic E-state index is 13.2. The first-order chi connectivity index (χ1) is 16.6. The van der Waals surface area contributed by atoms with Crippen molar-refractivity contribution in [3.05, 3.63) is 29.7 Å². The van der Waals surface area contributed by atoms with Crippen LogP contribution in [0.3, 0.4) is 0 Å². The second-order valence-electron chi connectivity index (χ2n) is 9.30. The molecule has 11 heteroatoms. The molecule has 3 aromatic heterocycles. The number of nitrogens with one attached hydrogen (secondary N) is 2. The topological polar surface area (TPSA) is 105 Å². The zero-order valence-corrected chi connectivity index (χ0v) is 20.2. The van der Waals surface area contributed by atoms with Crippen LogP contribution in [0, 0.1) is 18.8 Å². The molecule has 3 aromatic rings. The van der Waals surface area contributed by atoms with E-state index in [-0.39, 0.29) is 35.0 Å². The molecule has 0 bridgehead atoms. The van der Waals surface area contributed by atoms with Crippen LogP contribution in [0.5, 0.6) is 0 Å². The number of nitrogens with zero attached hydrogens (tertiary/aromatic N) is 3. The summed E-state index contributed by atoms with van der Waals surface area (Å²) in [6.45, 7) is 7.06. The van der Waals surface area contributed by atoms with Crippen LogP contribution in [0.1, 0.15) is 38.1 Å². The van der Waals surface area contributed by atoms with E-state index in [9.17, 15) is 18.3 Å². The second kappa shape index (κ2) is 9.62. The molecule has 1 aliphatic rings. The van der Waals surface area contributed by atoms with E-state index in [1.807, 2.05) is 0 Å². The number of aliphatic hydroxyl groups is 1. The molecule has 0 unspecified atom stereocenters. The van der Waals surface area contributed by atoms with Crippen LogP contribution in [0.2, 0.25) is 0 Å². The quantitative estimate of drug-likeness (QED) is 0.382. The lowest BCUT2D eigenvalue weighted by Gasteiger charge is -2.33. The summed E-state index contributed by atoms with van der Waals surface area (Å²) in [7, 11) is 1.60. The fraction of sp³-hybridized carbons (Fsp3) is 0.542. The van der Waals surface area contributed by atoms with Crippen LogP contribution in [-0.2, 0) is 10.9 Å². The number of methoxy groups -OCH3 is 1. The number of halogens is 3. The molecule has 0 spiro atoms. The van der Waals surface area contributed by atoms with Crippen LogP contribution in [0.15, 0.2) is 22.7 Å². The Balaban J connectivity index is 1.78. The van der Waals surface area contributed by atoms with Crippen molar-refractivity contribution in [1.82, 2.24) is 15.0 Å². The summed E-state index contributed by atoms with van der Waals surface area (Å²) in [6, 6.07) is 2.52. The van der Waals surface area contributed by atoms with Crippen molar-refractivity contribution in [3.8, 4) is 11.3 Å². The average Bonchev–Trinajstić information content (AvgIpc) is 3.33. The predicted octanol–water partition coefficient (Wildman–Crippen LogP) is 4.88. The SMILES string of the molecule is COCCNc1nc(C)c(-c2cc3cc(C(F)(F)F)ncc3o2)c(N[C@@]2(C)CC[C@H](CO)[C@H]2C)n1. The van der Waals surface area contributed by atoms with Gasteiger partial charge in [-0.2, -0.15) is 18.2 Å². The normalized spacial score (nSPS) is 22.6. The first-order valence-electron chi connectivity index (χ1n) is 11.5. The molecule has 1 saturated carbocycles. The third kappa shape index (κ3) is 5.06. The molecule has 4 rings (SSSR count). The summed E-state index contributed by atoms with van der Waals surface area (Å²) in [5, 5.41) is 16.7. The number of anilines is 2. The van der Waals surface area contributed by atoms with Crippen molar-refractivity contribution in [3.63, 3.8) is 0 Å². The van der Waals surface area contributed by atoms with Crippen molar-refractivity contribution in [2.24, 2.45) is 11.8 Å². The standard InChI is InChI=1S/C24H30F3N5O3/c1-13-15(12-33)5-6-23(13,3)32-21-20(14(2)30-22(31-21)28-7-8-34-4)17-9-16-10-19(24(25,26)27)29-11-18(16)35-17/h9-11,13,15,33H,5-8,12H2,1-4H3,(H2,28,30,31,32)/t13-,15-,23+/m1/s1. The van der Waals surface area contributed by atoms with E-state index >= 15 is 0 Å². The lowest BCUT2D eigenvalue weighted by molar-refractivity contribution is -0.141. The Morgan fingerprint density at radius 1 is 1.29 bits per heavy atom. The van der Waals surface area contributed by atoms with Gasteiger partial charge in [0.15, 0.2) is 5.58 Å². The van der Waals surface area contributed by atoms with E-state index in [0.717, 1.165) is 25.1 Å². The number of ether oxygens (including phenoxy) is 1. The predicted molar refractivity (Wildman–Crippen MR) is 126 cm³/mol. The van der Waals surface area contributed by atoms with Crippen LogP contribution in [0.25, 0.3) is 22.3 Å². The van der Waals surface area contributed by atoms with E-state index in [4.69, 9.17) is 14.1 Å². The smallest absolute Gasteiger partial charge is 0.433 e. The number of aromatic nitrogens is 3. The summed E-state index contributed by atoms with van der Waals surface area (Å²) in [5.74, 6) is 1.58. The number of rotatable bonds is 8. The molecule has 35 heavy (non-hydrogen) atoms. The van der Waals surface area contributed by atoms with Crippen LogP contribution < -0.4 is 10.6 Å². The molecule has 1 aliphatic carbocycles. The van der Waals surface area contributed by atoms with Crippen LogP contribution in [0.4, 0.5) is 24.9 Å². The largest absolute Gasteiger partial charge is 0.454 e. The summed E-state index contributed by atoms with van der Waals surface area (Å²) in [6.07, 6.45) is -1.77. The van der Waals surface area contributed by atoms with E-state index in [1.165, 1.54) is 0 Å². The van der Waals surface area contributed by atoms with Gasteiger partial charge < -0.3 is 24.9 Å². The van der Waals surface area contributed by atoms with Gasteiger partial charge in [0.2, 0.25) is 5.95 Å². The monoisotopic (exact) mass is 493 g/mol. The van der Waals surface area contributed by atoms with Gasteiger partial charge in [0, 0.05) is 31.2 Å². The lowest BCUT2D eigenvalue weighted by atomic mass is 9.86. The van der Waals surface area contributed by atoms with Crippen molar-refractivity contribution in [2.75, 3.05) is 37.5 Å². The number of aryl methyl sites for hydroxylation is 1. The molecule has 0 amide bonds. The number of hydrogen-bond donors (Lipinski definition) is 3. The number of fused-ring (bicyclic) bond motifs is 1.